The van der Waals surface area contributed by atoms with Crippen molar-refractivity contribution < 1.29 is 22.7 Å². The van der Waals surface area contributed by atoms with Crippen LogP contribution in [0.1, 0.15) is 154 Å². The van der Waals surface area contributed by atoms with Crippen molar-refractivity contribution in [3.05, 3.63) is 87.5 Å². The molecule has 2 nitrogen and oxygen atoms in total. The first-order valence-electron chi connectivity index (χ1n) is 17.6. The normalized spacial score (nSPS) is 13.2. The second kappa shape index (κ2) is 22.7. The van der Waals surface area contributed by atoms with Crippen molar-refractivity contribution in [3.63, 3.8) is 0 Å². The van der Waals surface area contributed by atoms with Gasteiger partial charge in [0.25, 0.3) is 0 Å². The summed E-state index contributed by atoms with van der Waals surface area (Å²) in [4.78, 5) is 3.01. The van der Waals surface area contributed by atoms with Gasteiger partial charge in [0, 0.05) is 22.3 Å². The summed E-state index contributed by atoms with van der Waals surface area (Å²) in [7, 11) is 0. The molecule has 0 N–H and O–H groups in total. The predicted molar refractivity (Wildman–Crippen MR) is 186 cm³/mol. The third kappa shape index (κ3) is 12.6. The van der Waals surface area contributed by atoms with Crippen molar-refractivity contribution >= 4 is 11.4 Å². The molecule has 1 aliphatic heterocycles. The van der Waals surface area contributed by atoms with Crippen molar-refractivity contribution in [2.45, 2.75) is 154 Å². The minimum atomic E-state index is 0.992. The fraction of sp³-hybridized carbons (Fsp3) is 0.600. The maximum absolute atomic E-state index is 11.7. The zero-order valence-corrected chi connectivity index (χ0v) is 30.1. The van der Waals surface area contributed by atoms with Gasteiger partial charge in [0.15, 0.2) is 0 Å². The van der Waals surface area contributed by atoms with E-state index in [2.05, 4.69) is 90.1 Å². The number of rotatable bonds is 20. The van der Waals surface area contributed by atoms with E-state index >= 15 is 0 Å². The molecule has 1 heterocycles. The number of benzene rings is 2. The van der Waals surface area contributed by atoms with E-state index in [9.17, 15) is 5.53 Å². The van der Waals surface area contributed by atoms with Crippen LogP contribution in [-0.4, -0.2) is 4.70 Å². The summed E-state index contributed by atoms with van der Waals surface area (Å²) in [5, 5.41) is 0. The van der Waals surface area contributed by atoms with E-state index in [0.717, 1.165) is 79.0 Å². The van der Waals surface area contributed by atoms with Crippen molar-refractivity contribution in [2.24, 2.45) is 0 Å². The third-order valence-corrected chi connectivity index (χ3v) is 10.5. The van der Waals surface area contributed by atoms with E-state index < -0.39 is 0 Å². The van der Waals surface area contributed by atoms with Crippen molar-refractivity contribution in [1.29, 1.82) is 0 Å². The van der Waals surface area contributed by atoms with Gasteiger partial charge in [-0.1, -0.05) is 84.1 Å². The Balaban J connectivity index is 0.000000621. The molecule has 0 aromatic heterocycles. The molecular formula is C40H62N2Pd. The average molecular weight is 677 g/mol. The Kier molecular flexibility index (Phi) is 19.7. The van der Waals surface area contributed by atoms with Crippen molar-refractivity contribution in [3.8, 4) is 0 Å². The zero-order chi connectivity index (χ0) is 31.3. The molecule has 0 saturated heterocycles. The molecule has 0 saturated carbocycles. The molecule has 2 aromatic carbocycles. The van der Waals surface area contributed by atoms with Crippen LogP contribution < -0.4 is 0 Å². The quantitative estimate of drug-likeness (QED) is 0.0757. The first-order chi connectivity index (χ1) is 21.1. The van der Waals surface area contributed by atoms with Crippen LogP contribution in [-0.2, 0) is 30.8 Å². The summed E-state index contributed by atoms with van der Waals surface area (Å²) >= 11 is 1.07. The standard InChI is InChI=1S/C32H44N2.2C4H9.Pd/c1-5-9-12-13-16-30-29(15-11-7-3)31(27-21-17-25(8-4)18-22-27)34(33)32(30)28-23-19-26(20-24-28)14-10-6-2;2*1-3-4-2;/h17-24H,5-16H2,1-4H3;2*1,3-4H2,2H3;. The Morgan fingerprint density at radius 3 is 1.40 bits per heavy atom. The summed E-state index contributed by atoms with van der Waals surface area (Å²) in [6, 6.07) is 17.7. The van der Waals surface area contributed by atoms with Gasteiger partial charge in [-0.05, 0) is 80.3 Å². The molecule has 0 bridgehead atoms. The molecule has 2 aromatic rings. The van der Waals surface area contributed by atoms with Crippen molar-refractivity contribution in [2.75, 3.05) is 0 Å². The summed E-state index contributed by atoms with van der Waals surface area (Å²) in [6.45, 7) is 13.5. The second-order valence-corrected chi connectivity index (χ2v) is 14.2. The fourth-order valence-electron chi connectivity index (χ4n) is 5.44. The minimum absolute atomic E-state index is 0.992. The topological polar surface area (TPSA) is 25.3 Å². The van der Waals surface area contributed by atoms with Crippen LogP contribution in [0.2, 0.25) is 9.79 Å². The second-order valence-electron chi connectivity index (χ2n) is 11.9. The average Bonchev–Trinajstić information content (AvgIpc) is 3.31. The number of allylic oxidation sites excluding steroid dienone is 2. The number of hydrogen-bond donors (Lipinski definition) is 0. The van der Waals surface area contributed by atoms with Gasteiger partial charge in [0.1, 0.15) is 0 Å². The number of hydrogen-bond acceptors (Lipinski definition) is 0. The Labute approximate surface area is 274 Å². The van der Waals surface area contributed by atoms with E-state index in [-0.39, 0.29) is 0 Å². The van der Waals surface area contributed by atoms with E-state index in [4.69, 9.17) is 0 Å². The maximum atomic E-state index is 11.7. The summed E-state index contributed by atoms with van der Waals surface area (Å²) in [5.74, 6) is 0. The van der Waals surface area contributed by atoms with Gasteiger partial charge in [0.2, 0.25) is 11.4 Å². The predicted octanol–water partition coefficient (Wildman–Crippen LogP) is 13.4. The van der Waals surface area contributed by atoms with Crippen LogP contribution in [0.3, 0.4) is 0 Å². The Morgan fingerprint density at radius 2 is 0.930 bits per heavy atom. The SMILES string of the molecule is CCCCCCC1=C(c2ccc(CCCC)cc2)[N+](=[N-])C(c2ccc(CC)cc2)=C1CCCC.CCC[CH2][Pd][CH2]CCC. The van der Waals surface area contributed by atoms with Crippen LogP contribution in [0.25, 0.3) is 16.9 Å². The Hall–Kier alpha value is -1.82. The molecule has 43 heavy (non-hydrogen) atoms. The summed E-state index contributed by atoms with van der Waals surface area (Å²) in [5.41, 5.74) is 21.3. The molecule has 0 aliphatic carbocycles. The van der Waals surface area contributed by atoms with Crippen LogP contribution in [0.5, 0.6) is 0 Å². The monoisotopic (exact) mass is 676 g/mol. The molecule has 242 valence electrons. The number of aryl methyl sites for hydroxylation is 2. The molecule has 3 heteroatoms. The first-order valence-corrected chi connectivity index (χ1v) is 19.8. The van der Waals surface area contributed by atoms with Crippen LogP contribution in [0.4, 0.5) is 0 Å². The molecule has 0 unspecified atom stereocenters. The van der Waals surface area contributed by atoms with Gasteiger partial charge in [-0.2, -0.15) is 0 Å². The van der Waals surface area contributed by atoms with Crippen LogP contribution in [0.15, 0.2) is 59.7 Å². The van der Waals surface area contributed by atoms with Crippen molar-refractivity contribution in [1.82, 2.24) is 0 Å². The van der Waals surface area contributed by atoms with E-state index in [0.29, 0.717) is 0 Å². The number of nitrogens with zero attached hydrogens (tertiary/aromatic N) is 2. The van der Waals surface area contributed by atoms with Gasteiger partial charge in [-0.25, -0.2) is 4.70 Å². The summed E-state index contributed by atoms with van der Waals surface area (Å²) < 4.78 is 1.52. The molecule has 0 atom stereocenters. The first kappa shape index (κ1) is 37.4. The molecule has 3 rings (SSSR count). The van der Waals surface area contributed by atoms with E-state index in [1.54, 1.807) is 0 Å². The Bertz CT molecular complexity index is 1100. The van der Waals surface area contributed by atoms with Crippen LogP contribution in [0, 0.1) is 0 Å². The van der Waals surface area contributed by atoms with E-state index in [1.165, 1.54) is 101 Å². The molecule has 0 fully saturated rings. The van der Waals surface area contributed by atoms with Gasteiger partial charge in [-0.15, -0.1) is 0 Å². The van der Waals surface area contributed by atoms with Gasteiger partial charge in [-0.3, -0.25) is 0 Å². The Morgan fingerprint density at radius 1 is 0.488 bits per heavy atom. The molecule has 0 amide bonds. The van der Waals surface area contributed by atoms with Gasteiger partial charge < -0.3 is 5.53 Å². The number of unbranched alkanes of at least 4 members (excludes halogenated alkanes) is 7. The fourth-order valence-corrected chi connectivity index (χ4v) is 7.70. The van der Waals surface area contributed by atoms with Gasteiger partial charge in [0.05, 0.1) is 0 Å². The molecular weight excluding hydrogens is 615 g/mol. The molecule has 1 aliphatic rings. The molecule has 0 radical (unpaired) electrons. The summed E-state index contributed by atoms with van der Waals surface area (Å²) in [6.07, 6.45) is 19.5. The third-order valence-electron chi connectivity index (χ3n) is 8.26. The van der Waals surface area contributed by atoms with E-state index in [1.807, 2.05) is 0 Å². The zero-order valence-electron chi connectivity index (χ0n) is 28.6. The molecule has 0 spiro atoms. The van der Waals surface area contributed by atoms with Gasteiger partial charge >= 0.3 is 67.3 Å². The van der Waals surface area contributed by atoms with Crippen LogP contribution >= 0.6 is 0 Å².